The van der Waals surface area contributed by atoms with Crippen LogP contribution in [-0.2, 0) is 4.79 Å². The summed E-state index contributed by atoms with van der Waals surface area (Å²) in [7, 11) is 0. The molecule has 2 nitrogen and oxygen atoms in total. The molecule has 0 spiro atoms. The Balaban J connectivity index is 2.17. The fraction of sp³-hybridized carbons (Fsp3) is 0.769. The lowest BCUT2D eigenvalue weighted by atomic mass is 9.57. The summed E-state index contributed by atoms with van der Waals surface area (Å²) in [5, 5.41) is 9.65. The third kappa shape index (κ3) is 1.94. The van der Waals surface area contributed by atoms with Crippen LogP contribution in [0.5, 0.6) is 0 Å². The highest BCUT2D eigenvalue weighted by Crippen LogP contribution is 2.51. The Labute approximate surface area is 91.1 Å². The van der Waals surface area contributed by atoms with Crippen LogP contribution in [0.1, 0.15) is 44.9 Å². The molecule has 3 atom stereocenters. The van der Waals surface area contributed by atoms with E-state index in [0.717, 1.165) is 32.1 Å². The van der Waals surface area contributed by atoms with Crippen molar-refractivity contribution in [3.8, 4) is 12.3 Å². The molecule has 0 saturated heterocycles. The van der Waals surface area contributed by atoms with Crippen molar-refractivity contribution in [3.63, 3.8) is 0 Å². The monoisotopic (exact) mass is 206 g/mol. The van der Waals surface area contributed by atoms with E-state index in [0.29, 0.717) is 24.5 Å². The molecule has 2 saturated carbocycles. The van der Waals surface area contributed by atoms with Gasteiger partial charge >= 0.3 is 0 Å². The minimum atomic E-state index is -0.216. The Morgan fingerprint density at radius 3 is 3.07 bits per heavy atom. The zero-order valence-electron chi connectivity index (χ0n) is 9.04. The second-order valence-electron chi connectivity index (χ2n) is 5.11. The summed E-state index contributed by atoms with van der Waals surface area (Å²) in [6, 6.07) is 0. The average molecular weight is 206 g/mol. The number of aliphatic hydroxyl groups is 1. The summed E-state index contributed by atoms with van der Waals surface area (Å²) >= 11 is 0. The van der Waals surface area contributed by atoms with Gasteiger partial charge < -0.3 is 5.11 Å². The van der Waals surface area contributed by atoms with Gasteiger partial charge in [-0.15, -0.1) is 12.3 Å². The van der Waals surface area contributed by atoms with Crippen LogP contribution in [0.3, 0.4) is 0 Å². The Morgan fingerprint density at radius 2 is 2.33 bits per heavy atom. The molecule has 0 aromatic heterocycles. The molecule has 0 aromatic carbocycles. The van der Waals surface area contributed by atoms with Gasteiger partial charge in [0.15, 0.2) is 0 Å². The third-order valence-corrected chi connectivity index (χ3v) is 4.23. The van der Waals surface area contributed by atoms with E-state index >= 15 is 0 Å². The summed E-state index contributed by atoms with van der Waals surface area (Å²) in [6.07, 6.45) is 10.9. The molecule has 0 radical (unpaired) electrons. The standard InChI is InChI=1S/C13H18O2/c1-2-5-13-6-3-11(14)8-10(13)9-12(15)4-7-13/h1,10-11,14H,3-9H2/t10-,11?,13+/m0/s1. The number of Topliss-reactive ketones (excluding diaryl/α,β-unsaturated/α-hetero) is 1. The molecule has 2 heteroatoms. The highest BCUT2D eigenvalue weighted by molar-refractivity contribution is 5.79. The van der Waals surface area contributed by atoms with Crippen molar-refractivity contribution in [1.82, 2.24) is 0 Å². The predicted molar refractivity (Wildman–Crippen MR) is 58.1 cm³/mol. The smallest absolute Gasteiger partial charge is 0.133 e. The lowest BCUT2D eigenvalue weighted by Crippen LogP contribution is -2.42. The highest BCUT2D eigenvalue weighted by Gasteiger charge is 2.45. The molecule has 15 heavy (non-hydrogen) atoms. The number of ketones is 1. The average Bonchev–Trinajstić information content (AvgIpc) is 2.20. The molecule has 82 valence electrons. The molecule has 0 amide bonds. The van der Waals surface area contributed by atoms with E-state index in [-0.39, 0.29) is 11.5 Å². The molecule has 0 aliphatic heterocycles. The minimum absolute atomic E-state index is 0.169. The quantitative estimate of drug-likeness (QED) is 0.665. The van der Waals surface area contributed by atoms with Crippen molar-refractivity contribution in [2.75, 3.05) is 0 Å². The molecule has 1 unspecified atom stereocenters. The van der Waals surface area contributed by atoms with Crippen molar-refractivity contribution < 1.29 is 9.90 Å². The van der Waals surface area contributed by atoms with Crippen molar-refractivity contribution in [1.29, 1.82) is 0 Å². The molecule has 2 fully saturated rings. The van der Waals surface area contributed by atoms with E-state index in [2.05, 4.69) is 5.92 Å². The van der Waals surface area contributed by atoms with Gasteiger partial charge in [0.1, 0.15) is 5.78 Å². The van der Waals surface area contributed by atoms with E-state index in [9.17, 15) is 9.90 Å². The molecule has 2 aliphatic carbocycles. The Bertz CT molecular complexity index is 302. The van der Waals surface area contributed by atoms with Crippen molar-refractivity contribution in [2.24, 2.45) is 11.3 Å². The van der Waals surface area contributed by atoms with Crippen molar-refractivity contribution >= 4 is 5.78 Å². The number of terminal acetylenes is 1. The van der Waals surface area contributed by atoms with Crippen LogP contribution in [0.4, 0.5) is 0 Å². The van der Waals surface area contributed by atoms with Gasteiger partial charge in [-0.25, -0.2) is 0 Å². The first-order valence-electron chi connectivity index (χ1n) is 5.79. The van der Waals surface area contributed by atoms with Gasteiger partial charge in [0.2, 0.25) is 0 Å². The number of hydrogen-bond acceptors (Lipinski definition) is 2. The van der Waals surface area contributed by atoms with E-state index in [4.69, 9.17) is 6.42 Å². The van der Waals surface area contributed by atoms with Crippen LogP contribution in [0.2, 0.25) is 0 Å². The Kier molecular flexibility index (Phi) is 2.84. The summed E-state index contributed by atoms with van der Waals surface area (Å²) < 4.78 is 0. The molecule has 0 heterocycles. The number of hydrogen-bond donors (Lipinski definition) is 1. The van der Waals surface area contributed by atoms with E-state index in [1.165, 1.54) is 0 Å². The number of carbonyl (C=O) groups excluding carboxylic acids is 1. The number of aliphatic hydroxyl groups excluding tert-OH is 1. The summed E-state index contributed by atoms with van der Waals surface area (Å²) in [5.74, 6) is 3.44. The maximum absolute atomic E-state index is 11.4. The van der Waals surface area contributed by atoms with Gasteiger partial charge in [-0.1, -0.05) is 0 Å². The van der Waals surface area contributed by atoms with Gasteiger partial charge in [-0.2, -0.15) is 0 Å². The van der Waals surface area contributed by atoms with Crippen LogP contribution >= 0.6 is 0 Å². The molecule has 2 aliphatic rings. The highest BCUT2D eigenvalue weighted by atomic mass is 16.3. The Hall–Kier alpha value is -0.810. The molecular formula is C13H18O2. The van der Waals surface area contributed by atoms with Gasteiger partial charge in [-0.05, 0) is 37.0 Å². The maximum atomic E-state index is 11.4. The summed E-state index contributed by atoms with van der Waals surface area (Å²) in [5.41, 5.74) is 0.169. The number of fused-ring (bicyclic) bond motifs is 1. The molecular weight excluding hydrogens is 188 g/mol. The topological polar surface area (TPSA) is 37.3 Å². The van der Waals surface area contributed by atoms with Crippen LogP contribution in [0.25, 0.3) is 0 Å². The normalized spacial score (nSPS) is 40.7. The molecule has 1 N–H and O–H groups in total. The largest absolute Gasteiger partial charge is 0.393 e. The van der Waals surface area contributed by atoms with E-state index in [1.54, 1.807) is 0 Å². The van der Waals surface area contributed by atoms with Crippen LogP contribution in [0.15, 0.2) is 0 Å². The van der Waals surface area contributed by atoms with Crippen molar-refractivity contribution in [3.05, 3.63) is 0 Å². The fourth-order valence-corrected chi connectivity index (χ4v) is 3.27. The van der Waals surface area contributed by atoms with Gasteiger partial charge in [0.05, 0.1) is 6.10 Å². The van der Waals surface area contributed by atoms with E-state index < -0.39 is 0 Å². The maximum Gasteiger partial charge on any atom is 0.133 e. The van der Waals surface area contributed by atoms with Gasteiger partial charge in [0, 0.05) is 19.3 Å². The van der Waals surface area contributed by atoms with Crippen LogP contribution in [0, 0.1) is 23.7 Å². The molecule has 0 aromatic rings. The van der Waals surface area contributed by atoms with Crippen LogP contribution in [-0.4, -0.2) is 17.0 Å². The lowest BCUT2D eigenvalue weighted by molar-refractivity contribution is -0.128. The SMILES string of the molecule is C#CC[C@@]12CCC(=O)C[C@@H]1CC(O)CC2. The first-order chi connectivity index (χ1) is 7.16. The zero-order valence-corrected chi connectivity index (χ0v) is 9.04. The first kappa shape index (κ1) is 10.7. The van der Waals surface area contributed by atoms with Crippen LogP contribution < -0.4 is 0 Å². The lowest BCUT2D eigenvalue weighted by Gasteiger charge is -2.47. The summed E-state index contributed by atoms with van der Waals surface area (Å²) in [6.45, 7) is 0. The minimum Gasteiger partial charge on any atom is -0.393 e. The number of rotatable bonds is 1. The number of carbonyl (C=O) groups is 1. The zero-order chi connectivity index (χ0) is 10.9. The van der Waals surface area contributed by atoms with Gasteiger partial charge in [-0.3, -0.25) is 4.79 Å². The van der Waals surface area contributed by atoms with Crippen molar-refractivity contribution in [2.45, 2.75) is 51.0 Å². The second-order valence-corrected chi connectivity index (χ2v) is 5.11. The second kappa shape index (κ2) is 3.98. The summed E-state index contributed by atoms with van der Waals surface area (Å²) in [4.78, 5) is 11.4. The first-order valence-corrected chi connectivity index (χ1v) is 5.79. The Morgan fingerprint density at radius 1 is 1.53 bits per heavy atom. The third-order valence-electron chi connectivity index (χ3n) is 4.23. The van der Waals surface area contributed by atoms with Gasteiger partial charge in [0.25, 0.3) is 0 Å². The molecule has 2 rings (SSSR count). The fourth-order valence-electron chi connectivity index (χ4n) is 3.27. The van der Waals surface area contributed by atoms with E-state index in [1.807, 2.05) is 0 Å². The molecule has 0 bridgehead atoms. The predicted octanol–water partition coefficient (Wildman–Crippen LogP) is 1.91.